The summed E-state index contributed by atoms with van der Waals surface area (Å²) in [5, 5.41) is 61.3. The maximum atomic E-state index is 13.8. The van der Waals surface area contributed by atoms with Gasteiger partial charge in [-0.1, -0.05) is 35.6 Å². The van der Waals surface area contributed by atoms with Gasteiger partial charge in [-0.3, -0.25) is 47.9 Å². The molecule has 10 amide bonds. The number of hydrogen-bond acceptors (Lipinski definition) is 19. The lowest BCUT2D eigenvalue weighted by atomic mass is 10.00. The van der Waals surface area contributed by atoms with Gasteiger partial charge in [0, 0.05) is 49.6 Å². The van der Waals surface area contributed by atoms with Gasteiger partial charge in [0.05, 0.1) is 50.8 Å². The van der Waals surface area contributed by atoms with Crippen molar-refractivity contribution in [2.45, 2.75) is 70.3 Å². The number of aromatic nitrogens is 2. The summed E-state index contributed by atoms with van der Waals surface area (Å²) in [7, 11) is 0. The molecule has 4 atom stereocenters. The third-order valence-corrected chi connectivity index (χ3v) is 12.8. The lowest BCUT2D eigenvalue weighted by Gasteiger charge is -2.21. The standard InChI is InChI=1S/C47H60N14O13S2/c1-25(42(71)51-18-36(65)48-10-3-11-49-46-56-17-32(24-62)76-46)59-39(68)21-53-44(73)33(13-27-4-7-30(63)8-5-27)60-41(70)23-54-45(74)34-14-28-6-9-35(64)29(12-28)15-31-16-55-47(75-31)57-19-37(66)50-20-38(67)58-26(2)43(72)52-22-40(69)61-34/h4-9,12,16-17,25-26,33-34,62-64H,3,10-11,13-15,18-24H2,1-2H3,(H,48,65)(H,49,56)(H,50,66)(H,51,71)(H,52,72)(H,53,73)(H,54,74)(H,55,57)(H,58,67)(H,59,68)(H,60,70)(H,61,69)/t25-,26-,33-,34-/m0/s1. The monoisotopic (exact) mass is 1090 g/mol. The molecule has 0 saturated heterocycles. The molecule has 0 fully saturated rings. The number of aliphatic hydroxyl groups excluding tert-OH is 1. The molecule has 2 aromatic heterocycles. The van der Waals surface area contributed by atoms with Gasteiger partial charge in [-0.2, -0.15) is 0 Å². The number of fused-ring (bicyclic) bond motifs is 4. The molecular formula is C47H60N14O13S2. The summed E-state index contributed by atoms with van der Waals surface area (Å²) in [6, 6.07) is 5.28. The van der Waals surface area contributed by atoms with Crippen LogP contribution in [0.15, 0.2) is 54.9 Å². The summed E-state index contributed by atoms with van der Waals surface area (Å²) in [5.41, 5.74) is 1.39. The highest BCUT2D eigenvalue weighted by molar-refractivity contribution is 7.15. The van der Waals surface area contributed by atoms with Gasteiger partial charge in [0.25, 0.3) is 0 Å². The Bertz CT molecular complexity index is 2720. The number of amides is 10. The van der Waals surface area contributed by atoms with E-state index in [9.17, 15) is 58.2 Å². The molecule has 0 aliphatic carbocycles. The molecule has 76 heavy (non-hydrogen) atoms. The summed E-state index contributed by atoms with van der Waals surface area (Å²) >= 11 is 2.51. The minimum Gasteiger partial charge on any atom is -0.508 e. The second kappa shape index (κ2) is 29.5. The van der Waals surface area contributed by atoms with Crippen LogP contribution in [0, 0.1) is 0 Å². The number of carbonyl (C=O) groups excluding carboxylic acids is 10. The van der Waals surface area contributed by atoms with Crippen LogP contribution < -0.4 is 63.8 Å². The first-order valence-electron chi connectivity index (χ1n) is 23.7. The van der Waals surface area contributed by atoms with E-state index in [1.807, 2.05) is 0 Å². The Labute approximate surface area is 442 Å². The van der Waals surface area contributed by atoms with Crippen LogP contribution in [0.3, 0.4) is 0 Å². The number of benzene rings is 2. The summed E-state index contributed by atoms with van der Waals surface area (Å²) in [6.45, 7) is 0.384. The molecule has 1 aliphatic rings. The fourth-order valence-electron chi connectivity index (χ4n) is 6.95. The Morgan fingerprint density at radius 1 is 0.737 bits per heavy atom. The van der Waals surface area contributed by atoms with E-state index in [2.05, 4.69) is 73.8 Å². The Hall–Kier alpha value is -8.44. The van der Waals surface area contributed by atoms with Crippen molar-refractivity contribution in [2.24, 2.45) is 0 Å². The van der Waals surface area contributed by atoms with Crippen molar-refractivity contribution >= 4 is 92.0 Å². The molecular weight excluding hydrogens is 1030 g/mol. The predicted octanol–water partition coefficient (Wildman–Crippen LogP) is -3.52. The number of rotatable bonds is 19. The van der Waals surface area contributed by atoms with Crippen molar-refractivity contribution in [1.29, 1.82) is 0 Å². The number of thiazole rings is 2. The van der Waals surface area contributed by atoms with Gasteiger partial charge in [-0.05, 0) is 55.2 Å². The van der Waals surface area contributed by atoms with Crippen LogP contribution in [0.4, 0.5) is 10.3 Å². The minimum atomic E-state index is -1.38. The minimum absolute atomic E-state index is 0.0672. The van der Waals surface area contributed by atoms with E-state index in [4.69, 9.17) is 5.11 Å². The van der Waals surface area contributed by atoms with Crippen LogP contribution in [-0.4, -0.2) is 161 Å². The van der Waals surface area contributed by atoms with E-state index < -0.39 is 109 Å². The van der Waals surface area contributed by atoms with E-state index in [-0.39, 0.29) is 50.5 Å². The molecule has 1 aliphatic heterocycles. The Kier molecular flexibility index (Phi) is 22.6. The zero-order chi connectivity index (χ0) is 55.1. The summed E-state index contributed by atoms with van der Waals surface area (Å²) in [4.78, 5) is 139. The molecule has 0 radical (unpaired) electrons. The topological polar surface area (TPSA) is 402 Å². The van der Waals surface area contributed by atoms with Crippen molar-refractivity contribution < 1.29 is 63.3 Å². The lowest BCUT2D eigenvalue weighted by Crippen LogP contribution is -2.55. The molecule has 0 spiro atoms. The summed E-state index contributed by atoms with van der Waals surface area (Å²) < 4.78 is 0. The maximum Gasteiger partial charge on any atom is 0.243 e. The molecule has 408 valence electrons. The number of phenolic OH excluding ortho intramolecular Hbond substituents is 2. The molecule has 0 saturated carbocycles. The Balaban J connectivity index is 1.17. The maximum absolute atomic E-state index is 13.8. The van der Waals surface area contributed by atoms with Crippen molar-refractivity contribution in [2.75, 3.05) is 63.0 Å². The number of nitrogens with zero attached hydrogens (tertiary/aromatic N) is 2. The first-order valence-corrected chi connectivity index (χ1v) is 25.4. The summed E-state index contributed by atoms with van der Waals surface area (Å²) in [6.07, 6.45) is 3.51. The van der Waals surface area contributed by atoms with E-state index in [0.717, 1.165) is 0 Å². The fourth-order valence-corrected chi connectivity index (χ4v) is 8.48. The predicted molar refractivity (Wildman–Crippen MR) is 275 cm³/mol. The molecule has 2 aromatic carbocycles. The van der Waals surface area contributed by atoms with E-state index >= 15 is 0 Å². The zero-order valence-electron chi connectivity index (χ0n) is 41.3. The van der Waals surface area contributed by atoms with Gasteiger partial charge < -0.3 is 79.1 Å². The smallest absolute Gasteiger partial charge is 0.243 e. The average Bonchev–Trinajstić information content (AvgIpc) is 4.06. The van der Waals surface area contributed by atoms with Gasteiger partial charge in [-0.25, -0.2) is 9.97 Å². The van der Waals surface area contributed by atoms with Crippen LogP contribution in [0.5, 0.6) is 11.5 Å². The number of aromatic hydroxyl groups is 2. The van der Waals surface area contributed by atoms with Gasteiger partial charge in [0.15, 0.2) is 10.3 Å². The second-order valence-electron chi connectivity index (χ2n) is 17.1. The van der Waals surface area contributed by atoms with Crippen molar-refractivity contribution in [1.82, 2.24) is 63.1 Å². The molecule has 4 aromatic rings. The molecule has 4 bridgehead atoms. The van der Waals surface area contributed by atoms with Gasteiger partial charge in [0.2, 0.25) is 59.1 Å². The van der Waals surface area contributed by atoms with E-state index in [0.29, 0.717) is 56.2 Å². The molecule has 29 heteroatoms. The number of carbonyl (C=O) groups is 10. The van der Waals surface area contributed by atoms with Crippen LogP contribution in [0.25, 0.3) is 0 Å². The highest BCUT2D eigenvalue weighted by Crippen LogP contribution is 2.27. The first-order chi connectivity index (χ1) is 36.3. The highest BCUT2D eigenvalue weighted by Gasteiger charge is 2.27. The first kappa shape index (κ1) is 58.4. The van der Waals surface area contributed by atoms with Crippen molar-refractivity contribution in [3.05, 3.63) is 81.3 Å². The number of nitrogens with one attached hydrogen (secondary N) is 12. The van der Waals surface area contributed by atoms with Crippen molar-refractivity contribution in [3.63, 3.8) is 0 Å². The lowest BCUT2D eigenvalue weighted by molar-refractivity contribution is -0.132. The number of hydrogen-bond donors (Lipinski definition) is 15. The van der Waals surface area contributed by atoms with Gasteiger partial charge in [-0.15, -0.1) is 11.3 Å². The van der Waals surface area contributed by atoms with Crippen LogP contribution >= 0.6 is 22.7 Å². The summed E-state index contributed by atoms with van der Waals surface area (Å²) in [5.74, 6) is -7.44. The van der Waals surface area contributed by atoms with Crippen LogP contribution in [-0.2, 0) is 73.8 Å². The van der Waals surface area contributed by atoms with Gasteiger partial charge in [0.1, 0.15) is 35.7 Å². The van der Waals surface area contributed by atoms with E-state index in [1.54, 1.807) is 18.5 Å². The third kappa shape index (κ3) is 20.1. The Morgan fingerprint density at radius 3 is 2.17 bits per heavy atom. The Morgan fingerprint density at radius 2 is 1.42 bits per heavy atom. The quantitative estimate of drug-likeness (QED) is 0.0405. The largest absolute Gasteiger partial charge is 0.508 e. The molecule has 5 rings (SSSR count). The molecule has 27 nitrogen and oxygen atoms in total. The normalized spacial score (nSPS) is 16.1. The second-order valence-corrected chi connectivity index (χ2v) is 19.3. The third-order valence-electron chi connectivity index (χ3n) is 10.9. The highest BCUT2D eigenvalue weighted by atomic mass is 32.1. The number of phenols is 2. The van der Waals surface area contributed by atoms with Crippen molar-refractivity contribution in [3.8, 4) is 11.5 Å². The van der Waals surface area contributed by atoms with Crippen LogP contribution in [0.1, 0.15) is 46.7 Å². The molecule has 3 heterocycles. The zero-order valence-corrected chi connectivity index (χ0v) is 43.0. The number of aliphatic hydroxyl groups is 1. The average molecular weight is 1090 g/mol. The van der Waals surface area contributed by atoms with E-state index in [1.165, 1.54) is 72.9 Å². The molecule has 15 N–H and O–H groups in total. The fraction of sp³-hybridized carbons (Fsp3) is 0.404. The SMILES string of the molecule is C[C@@H]1NC(=O)CNC(=O)CNc2ncc(s2)Cc2cc(ccc2O)C[C@@H](C(=O)NCC(=O)N[C@@H](Cc2ccc(O)cc2)C(=O)NCC(=O)N[C@@H](C)C(=O)NCC(=O)NCCCNc2ncc(CO)s2)NC(=O)CNC1=O. The molecule has 0 unspecified atom stereocenters. The number of anilines is 2. The van der Waals surface area contributed by atoms with Gasteiger partial charge >= 0.3 is 0 Å². The van der Waals surface area contributed by atoms with Crippen LogP contribution in [0.2, 0.25) is 0 Å².